The molecule has 0 aliphatic carbocycles. The monoisotopic (exact) mass is 468 g/mol. The van der Waals surface area contributed by atoms with Crippen LogP contribution in [0.2, 0.25) is 10.0 Å². The third-order valence-electron chi connectivity index (χ3n) is 4.50. The number of nitrogens with zero attached hydrogens (tertiary/aromatic N) is 3. The Hall–Kier alpha value is -2.80. The minimum absolute atomic E-state index is 0.184. The van der Waals surface area contributed by atoms with Gasteiger partial charge in [-0.3, -0.25) is 4.79 Å². The molecule has 0 unspecified atom stereocenters. The van der Waals surface area contributed by atoms with E-state index in [1.165, 1.54) is 18.0 Å². The van der Waals surface area contributed by atoms with E-state index in [1.54, 1.807) is 6.07 Å². The second-order valence-corrected chi connectivity index (χ2v) is 8.49. The van der Waals surface area contributed by atoms with Gasteiger partial charge in [-0.15, -0.1) is 0 Å². The fraction of sp³-hybridized carbons (Fsp3) is 0.0870. The van der Waals surface area contributed by atoms with E-state index < -0.39 is 0 Å². The van der Waals surface area contributed by atoms with Crippen molar-refractivity contribution in [3.63, 3.8) is 0 Å². The molecular formula is C23H18Cl2N4OS. The number of benzene rings is 3. The average Bonchev–Trinajstić information content (AvgIpc) is 3.12. The maximum Gasteiger partial charge on any atom is 0.250 e. The highest BCUT2D eigenvalue weighted by Gasteiger charge is 2.13. The molecule has 1 N–H and O–H groups in total. The fourth-order valence-electron chi connectivity index (χ4n) is 3.00. The molecule has 31 heavy (non-hydrogen) atoms. The minimum Gasteiger partial charge on any atom is -0.314 e. The summed E-state index contributed by atoms with van der Waals surface area (Å²) in [4.78, 5) is 17.0. The second-order valence-electron chi connectivity index (χ2n) is 6.70. The SMILES string of the molecule is O=C(CSc1nc2ccccc2n1Cc1ccc(Cl)cc1)NN=Cc1ccccc1Cl. The lowest BCUT2D eigenvalue weighted by atomic mass is 10.2. The number of para-hydroxylation sites is 2. The van der Waals surface area contributed by atoms with Gasteiger partial charge in [0, 0.05) is 15.6 Å². The number of imidazole rings is 1. The van der Waals surface area contributed by atoms with Gasteiger partial charge in [-0.05, 0) is 35.9 Å². The third kappa shape index (κ3) is 5.47. The molecule has 0 bridgehead atoms. The van der Waals surface area contributed by atoms with Gasteiger partial charge in [0.25, 0.3) is 5.91 Å². The van der Waals surface area contributed by atoms with Crippen LogP contribution in [0.4, 0.5) is 0 Å². The first-order valence-corrected chi connectivity index (χ1v) is 11.2. The van der Waals surface area contributed by atoms with E-state index in [0.29, 0.717) is 16.6 Å². The normalized spacial score (nSPS) is 11.3. The Kier molecular flexibility index (Phi) is 6.92. The van der Waals surface area contributed by atoms with E-state index >= 15 is 0 Å². The smallest absolute Gasteiger partial charge is 0.250 e. The molecule has 156 valence electrons. The van der Waals surface area contributed by atoms with Crippen molar-refractivity contribution in [3.8, 4) is 0 Å². The molecule has 0 radical (unpaired) electrons. The van der Waals surface area contributed by atoms with Gasteiger partial charge in [0.2, 0.25) is 0 Å². The molecule has 0 saturated carbocycles. The molecule has 0 atom stereocenters. The van der Waals surface area contributed by atoms with Gasteiger partial charge in [-0.2, -0.15) is 5.10 Å². The maximum absolute atomic E-state index is 12.3. The third-order valence-corrected chi connectivity index (χ3v) is 6.08. The summed E-state index contributed by atoms with van der Waals surface area (Å²) in [7, 11) is 0. The number of hydrogen-bond acceptors (Lipinski definition) is 4. The fourth-order valence-corrected chi connectivity index (χ4v) is 4.12. The summed E-state index contributed by atoms with van der Waals surface area (Å²) < 4.78 is 2.10. The number of hydrogen-bond donors (Lipinski definition) is 1. The number of thioether (sulfide) groups is 1. The second kappa shape index (κ2) is 10.0. The number of aromatic nitrogens is 2. The van der Waals surface area contributed by atoms with Crippen molar-refractivity contribution in [2.24, 2.45) is 5.10 Å². The lowest BCUT2D eigenvalue weighted by Gasteiger charge is -2.09. The van der Waals surface area contributed by atoms with Crippen molar-refractivity contribution < 1.29 is 4.79 Å². The van der Waals surface area contributed by atoms with Crippen LogP contribution in [0.1, 0.15) is 11.1 Å². The number of rotatable bonds is 7. The molecule has 0 spiro atoms. The zero-order chi connectivity index (χ0) is 21.6. The number of nitrogens with one attached hydrogen (secondary N) is 1. The predicted molar refractivity (Wildman–Crippen MR) is 128 cm³/mol. The van der Waals surface area contributed by atoms with Crippen LogP contribution in [-0.4, -0.2) is 27.4 Å². The molecule has 3 aromatic carbocycles. The number of halogens is 2. The summed E-state index contributed by atoms with van der Waals surface area (Å²) >= 11 is 13.5. The molecular weight excluding hydrogens is 451 g/mol. The number of amides is 1. The Morgan fingerprint density at radius 3 is 2.58 bits per heavy atom. The Morgan fingerprint density at radius 1 is 1.03 bits per heavy atom. The summed E-state index contributed by atoms with van der Waals surface area (Å²) in [5.41, 5.74) is 6.27. The van der Waals surface area contributed by atoms with Crippen molar-refractivity contribution in [1.82, 2.24) is 15.0 Å². The molecule has 1 aromatic heterocycles. The minimum atomic E-state index is -0.224. The van der Waals surface area contributed by atoms with Crippen LogP contribution >= 0.6 is 35.0 Å². The summed E-state index contributed by atoms with van der Waals surface area (Å²) in [5, 5.41) is 6.03. The highest BCUT2D eigenvalue weighted by Crippen LogP contribution is 2.25. The first-order valence-electron chi connectivity index (χ1n) is 9.49. The molecule has 0 aliphatic rings. The molecule has 0 aliphatic heterocycles. The average molecular weight is 469 g/mol. The van der Waals surface area contributed by atoms with Crippen LogP contribution in [0.5, 0.6) is 0 Å². The molecule has 1 heterocycles. The van der Waals surface area contributed by atoms with Gasteiger partial charge in [-0.1, -0.05) is 77.4 Å². The van der Waals surface area contributed by atoms with Gasteiger partial charge in [0.05, 0.1) is 29.5 Å². The summed E-state index contributed by atoms with van der Waals surface area (Å²) in [6, 6.07) is 22.9. The van der Waals surface area contributed by atoms with Gasteiger partial charge in [-0.25, -0.2) is 10.4 Å². The quantitative estimate of drug-likeness (QED) is 0.217. The van der Waals surface area contributed by atoms with Crippen molar-refractivity contribution in [1.29, 1.82) is 0 Å². The zero-order valence-corrected chi connectivity index (χ0v) is 18.7. The van der Waals surface area contributed by atoms with Crippen LogP contribution in [0.25, 0.3) is 11.0 Å². The van der Waals surface area contributed by atoms with E-state index in [9.17, 15) is 4.79 Å². The molecule has 0 fully saturated rings. The van der Waals surface area contributed by atoms with E-state index in [0.717, 1.165) is 27.3 Å². The lowest BCUT2D eigenvalue weighted by molar-refractivity contribution is -0.118. The lowest BCUT2D eigenvalue weighted by Crippen LogP contribution is -2.20. The topological polar surface area (TPSA) is 59.3 Å². The molecule has 8 heteroatoms. The van der Waals surface area contributed by atoms with Gasteiger partial charge >= 0.3 is 0 Å². The van der Waals surface area contributed by atoms with E-state index in [4.69, 9.17) is 28.2 Å². The van der Waals surface area contributed by atoms with Crippen LogP contribution < -0.4 is 5.43 Å². The number of fused-ring (bicyclic) bond motifs is 1. The molecule has 1 amide bonds. The molecule has 5 nitrogen and oxygen atoms in total. The Labute approximate surface area is 194 Å². The van der Waals surface area contributed by atoms with E-state index in [1.807, 2.05) is 66.7 Å². The number of carbonyl (C=O) groups is 1. The van der Waals surface area contributed by atoms with Gasteiger partial charge in [0.15, 0.2) is 5.16 Å². The summed E-state index contributed by atoms with van der Waals surface area (Å²) in [6.07, 6.45) is 1.53. The van der Waals surface area contributed by atoms with Crippen LogP contribution in [0.3, 0.4) is 0 Å². The standard InChI is InChI=1S/C23H18Cl2N4OS/c24-18-11-9-16(10-12-18)14-29-21-8-4-3-7-20(21)27-23(29)31-15-22(30)28-26-13-17-5-1-2-6-19(17)25/h1-13H,14-15H2,(H,28,30). The van der Waals surface area contributed by atoms with Crippen molar-refractivity contribution in [2.75, 3.05) is 5.75 Å². The largest absolute Gasteiger partial charge is 0.314 e. The zero-order valence-electron chi connectivity index (χ0n) is 16.3. The highest BCUT2D eigenvalue weighted by atomic mass is 35.5. The molecule has 0 saturated heterocycles. The first-order chi connectivity index (χ1) is 15.1. The van der Waals surface area contributed by atoms with Crippen LogP contribution in [0.15, 0.2) is 83.1 Å². The molecule has 4 rings (SSSR count). The van der Waals surface area contributed by atoms with E-state index in [-0.39, 0.29) is 11.7 Å². The number of carbonyl (C=O) groups excluding carboxylic acids is 1. The first kappa shape index (κ1) is 21.4. The van der Waals surface area contributed by atoms with Crippen molar-refractivity contribution in [2.45, 2.75) is 11.7 Å². The van der Waals surface area contributed by atoms with Crippen LogP contribution in [-0.2, 0) is 11.3 Å². The Morgan fingerprint density at radius 2 is 1.77 bits per heavy atom. The summed E-state index contributed by atoms with van der Waals surface area (Å²) in [6.45, 7) is 0.631. The number of hydrazone groups is 1. The predicted octanol–water partition coefficient (Wildman–Crippen LogP) is 5.63. The summed E-state index contributed by atoms with van der Waals surface area (Å²) in [5.74, 6) is -0.0394. The van der Waals surface area contributed by atoms with Crippen molar-refractivity contribution in [3.05, 3.63) is 94.0 Å². The van der Waals surface area contributed by atoms with E-state index in [2.05, 4.69) is 15.1 Å². The van der Waals surface area contributed by atoms with Gasteiger partial charge < -0.3 is 4.57 Å². The highest BCUT2D eigenvalue weighted by molar-refractivity contribution is 7.99. The molecule has 4 aromatic rings. The van der Waals surface area contributed by atoms with Crippen LogP contribution in [0, 0.1) is 0 Å². The Balaban J connectivity index is 1.46. The van der Waals surface area contributed by atoms with Crippen molar-refractivity contribution >= 4 is 58.1 Å². The Bertz CT molecular complexity index is 1240. The van der Waals surface area contributed by atoms with Gasteiger partial charge in [0.1, 0.15) is 0 Å². The maximum atomic E-state index is 12.3.